The summed E-state index contributed by atoms with van der Waals surface area (Å²) in [6.45, 7) is 4.13. The van der Waals surface area contributed by atoms with Crippen molar-refractivity contribution in [2.45, 2.75) is 32.0 Å². The molecule has 2 aliphatic heterocycles. The number of nitrogens with zero attached hydrogens (tertiary/aromatic N) is 1. The number of benzene rings is 2. The minimum absolute atomic E-state index is 0.275. The lowest BCUT2D eigenvalue weighted by molar-refractivity contribution is 0.173. The average molecular weight is 384 g/mol. The highest BCUT2D eigenvalue weighted by atomic mass is 16.7. The van der Waals surface area contributed by atoms with E-state index in [-0.39, 0.29) is 6.79 Å². The molecule has 2 aliphatic rings. The van der Waals surface area contributed by atoms with E-state index in [2.05, 4.69) is 28.4 Å². The molecule has 2 aromatic carbocycles. The standard InChI is InChI=1S/C22H28N2O4/c1-25-19-7-3-5-16(9-19)13-24-8-4-6-18(14-24)23-12-17-10-21-22(28-15-27-21)11-20(17)26-2/h3,5,7,9-11,18,23H,4,6,8,12-15H2,1-2H3/t18-/m1/s1. The van der Waals surface area contributed by atoms with Gasteiger partial charge in [0.25, 0.3) is 0 Å². The predicted octanol–water partition coefficient (Wildman–Crippen LogP) is 3.19. The molecule has 0 aromatic heterocycles. The van der Waals surface area contributed by atoms with Crippen LogP contribution in [0.5, 0.6) is 23.0 Å². The zero-order valence-corrected chi connectivity index (χ0v) is 16.6. The maximum absolute atomic E-state index is 5.53. The lowest BCUT2D eigenvalue weighted by atomic mass is 10.0. The highest BCUT2D eigenvalue weighted by molar-refractivity contribution is 5.51. The van der Waals surface area contributed by atoms with Crippen LogP contribution in [0.2, 0.25) is 0 Å². The molecule has 0 aliphatic carbocycles. The van der Waals surface area contributed by atoms with Crippen LogP contribution in [-0.4, -0.2) is 45.0 Å². The third kappa shape index (κ3) is 4.34. The number of fused-ring (bicyclic) bond motifs is 1. The van der Waals surface area contributed by atoms with E-state index in [1.165, 1.54) is 18.4 Å². The van der Waals surface area contributed by atoms with Gasteiger partial charge in [0.15, 0.2) is 11.5 Å². The Balaban J connectivity index is 1.35. The van der Waals surface area contributed by atoms with Crippen molar-refractivity contribution < 1.29 is 18.9 Å². The van der Waals surface area contributed by atoms with Gasteiger partial charge in [0, 0.05) is 37.3 Å². The van der Waals surface area contributed by atoms with Gasteiger partial charge in [0.1, 0.15) is 11.5 Å². The van der Waals surface area contributed by atoms with E-state index in [4.69, 9.17) is 18.9 Å². The lowest BCUT2D eigenvalue weighted by Crippen LogP contribution is -2.45. The lowest BCUT2D eigenvalue weighted by Gasteiger charge is -2.33. The maximum atomic E-state index is 5.53. The third-order valence-corrected chi connectivity index (χ3v) is 5.40. The summed E-state index contributed by atoms with van der Waals surface area (Å²) in [5.74, 6) is 3.29. The molecule has 1 fully saturated rings. The molecular weight excluding hydrogens is 356 g/mol. The molecule has 0 bridgehead atoms. The highest BCUT2D eigenvalue weighted by Gasteiger charge is 2.22. The molecule has 2 heterocycles. The number of hydrogen-bond donors (Lipinski definition) is 1. The van der Waals surface area contributed by atoms with Gasteiger partial charge in [0.2, 0.25) is 6.79 Å². The van der Waals surface area contributed by atoms with Crippen molar-refractivity contribution in [3.05, 3.63) is 47.5 Å². The quantitative estimate of drug-likeness (QED) is 0.791. The number of piperidine rings is 1. The van der Waals surface area contributed by atoms with Crippen molar-refractivity contribution in [1.29, 1.82) is 0 Å². The van der Waals surface area contributed by atoms with Gasteiger partial charge in [-0.05, 0) is 43.1 Å². The summed E-state index contributed by atoms with van der Waals surface area (Å²) in [4.78, 5) is 2.51. The van der Waals surface area contributed by atoms with Crippen LogP contribution in [0.25, 0.3) is 0 Å². The van der Waals surface area contributed by atoms with E-state index in [1.54, 1.807) is 14.2 Å². The first-order valence-corrected chi connectivity index (χ1v) is 9.80. The minimum Gasteiger partial charge on any atom is -0.497 e. The number of likely N-dealkylation sites (tertiary alicyclic amines) is 1. The van der Waals surface area contributed by atoms with Crippen molar-refractivity contribution in [1.82, 2.24) is 10.2 Å². The monoisotopic (exact) mass is 384 g/mol. The zero-order chi connectivity index (χ0) is 19.3. The van der Waals surface area contributed by atoms with Crippen LogP contribution >= 0.6 is 0 Å². The zero-order valence-electron chi connectivity index (χ0n) is 16.6. The first kappa shape index (κ1) is 18.9. The Hall–Kier alpha value is -2.44. The number of ether oxygens (including phenoxy) is 4. The molecule has 2 aromatic rings. The molecule has 6 nitrogen and oxygen atoms in total. The normalized spacial score (nSPS) is 18.9. The Morgan fingerprint density at radius 2 is 1.96 bits per heavy atom. The molecule has 0 amide bonds. The molecule has 0 saturated carbocycles. The first-order chi connectivity index (χ1) is 13.7. The van der Waals surface area contributed by atoms with Gasteiger partial charge in [-0.25, -0.2) is 0 Å². The number of methoxy groups -OCH3 is 2. The average Bonchev–Trinajstić information content (AvgIpc) is 3.19. The van der Waals surface area contributed by atoms with Gasteiger partial charge < -0.3 is 24.3 Å². The van der Waals surface area contributed by atoms with Gasteiger partial charge >= 0.3 is 0 Å². The van der Waals surface area contributed by atoms with Crippen LogP contribution in [-0.2, 0) is 13.1 Å². The van der Waals surface area contributed by atoms with Gasteiger partial charge in [0.05, 0.1) is 14.2 Å². The molecule has 1 N–H and O–H groups in total. The Morgan fingerprint density at radius 3 is 2.79 bits per heavy atom. The van der Waals surface area contributed by atoms with Crippen molar-refractivity contribution in [2.75, 3.05) is 34.1 Å². The van der Waals surface area contributed by atoms with Crippen molar-refractivity contribution in [3.63, 3.8) is 0 Å². The second kappa shape index (κ2) is 8.71. The summed E-state index contributed by atoms with van der Waals surface area (Å²) in [6, 6.07) is 12.7. The summed E-state index contributed by atoms with van der Waals surface area (Å²) in [6.07, 6.45) is 2.38. The summed E-state index contributed by atoms with van der Waals surface area (Å²) in [7, 11) is 3.40. The molecule has 1 saturated heterocycles. The Kier molecular flexibility index (Phi) is 5.88. The molecular formula is C22H28N2O4. The van der Waals surface area contributed by atoms with Crippen LogP contribution in [0.1, 0.15) is 24.0 Å². The van der Waals surface area contributed by atoms with Crippen LogP contribution in [0.15, 0.2) is 36.4 Å². The van der Waals surface area contributed by atoms with E-state index >= 15 is 0 Å². The van der Waals surface area contributed by atoms with Crippen LogP contribution in [0.3, 0.4) is 0 Å². The second-order valence-corrected chi connectivity index (χ2v) is 7.32. The van der Waals surface area contributed by atoms with E-state index in [0.29, 0.717) is 6.04 Å². The second-order valence-electron chi connectivity index (χ2n) is 7.32. The Bertz CT molecular complexity index is 811. The van der Waals surface area contributed by atoms with E-state index in [9.17, 15) is 0 Å². The summed E-state index contributed by atoms with van der Waals surface area (Å²) < 4.78 is 21.8. The van der Waals surface area contributed by atoms with E-state index in [1.807, 2.05) is 18.2 Å². The number of rotatable bonds is 7. The van der Waals surface area contributed by atoms with Gasteiger partial charge in [-0.2, -0.15) is 0 Å². The smallest absolute Gasteiger partial charge is 0.231 e. The van der Waals surface area contributed by atoms with Crippen molar-refractivity contribution >= 4 is 0 Å². The summed E-state index contributed by atoms with van der Waals surface area (Å²) >= 11 is 0. The molecule has 1 atom stereocenters. The molecule has 150 valence electrons. The molecule has 6 heteroatoms. The number of hydrogen-bond acceptors (Lipinski definition) is 6. The molecule has 0 spiro atoms. The van der Waals surface area contributed by atoms with Crippen LogP contribution < -0.4 is 24.3 Å². The van der Waals surface area contributed by atoms with Crippen molar-refractivity contribution in [2.24, 2.45) is 0 Å². The fourth-order valence-corrected chi connectivity index (χ4v) is 3.94. The summed E-state index contributed by atoms with van der Waals surface area (Å²) in [5, 5.41) is 3.70. The highest BCUT2D eigenvalue weighted by Crippen LogP contribution is 2.38. The topological polar surface area (TPSA) is 52.2 Å². The van der Waals surface area contributed by atoms with Crippen LogP contribution in [0, 0.1) is 0 Å². The number of nitrogens with one attached hydrogen (secondary N) is 1. The van der Waals surface area contributed by atoms with Crippen LogP contribution in [0.4, 0.5) is 0 Å². The Morgan fingerprint density at radius 1 is 1.11 bits per heavy atom. The molecule has 4 rings (SSSR count). The minimum atomic E-state index is 0.275. The third-order valence-electron chi connectivity index (χ3n) is 5.40. The molecule has 0 radical (unpaired) electrons. The van der Waals surface area contributed by atoms with E-state index < -0.39 is 0 Å². The van der Waals surface area contributed by atoms with E-state index in [0.717, 1.165) is 54.7 Å². The first-order valence-electron chi connectivity index (χ1n) is 9.80. The Labute approximate surface area is 166 Å². The fraction of sp³-hybridized carbons (Fsp3) is 0.455. The SMILES string of the molecule is COc1cccc(CN2CCC[C@@H](NCc3cc4c(cc3OC)OCO4)C2)c1. The molecule has 0 unspecified atom stereocenters. The fourth-order valence-electron chi connectivity index (χ4n) is 3.94. The maximum Gasteiger partial charge on any atom is 0.231 e. The summed E-state index contributed by atoms with van der Waals surface area (Å²) in [5.41, 5.74) is 2.38. The predicted molar refractivity (Wildman–Crippen MR) is 107 cm³/mol. The van der Waals surface area contributed by atoms with Gasteiger partial charge in [-0.1, -0.05) is 12.1 Å². The van der Waals surface area contributed by atoms with Gasteiger partial charge in [-0.3, -0.25) is 4.90 Å². The largest absolute Gasteiger partial charge is 0.497 e. The molecule has 28 heavy (non-hydrogen) atoms. The van der Waals surface area contributed by atoms with Gasteiger partial charge in [-0.15, -0.1) is 0 Å². The van der Waals surface area contributed by atoms with Crippen molar-refractivity contribution in [3.8, 4) is 23.0 Å².